The summed E-state index contributed by atoms with van der Waals surface area (Å²) < 4.78 is 50.6. The summed E-state index contributed by atoms with van der Waals surface area (Å²) in [5, 5.41) is 10.2. The number of rotatable bonds is 10. The quantitative estimate of drug-likeness (QED) is 0.219. The molecule has 3 aromatic carbocycles. The van der Waals surface area contributed by atoms with Gasteiger partial charge in [-0.3, -0.25) is 0 Å². The molecule has 1 aliphatic rings. The van der Waals surface area contributed by atoms with Crippen LogP contribution in [0.25, 0.3) is 11.1 Å². The Morgan fingerprint density at radius 1 is 0.919 bits per heavy atom. The van der Waals surface area contributed by atoms with E-state index >= 15 is 8.78 Å². The fourth-order valence-corrected chi connectivity index (χ4v) is 5.33. The molecule has 0 amide bonds. The number of hydrogen-bond acceptors (Lipinski definition) is 2. The highest BCUT2D eigenvalue weighted by Gasteiger charge is 2.28. The first kappa shape index (κ1) is 27.0. The Bertz CT molecular complexity index is 1200. The average Bonchev–Trinajstić information content (AvgIpc) is 2.91. The van der Waals surface area contributed by atoms with Crippen LogP contribution in [-0.4, -0.2) is 11.7 Å². The summed E-state index contributed by atoms with van der Waals surface area (Å²) in [5.74, 6) is -1.48. The van der Waals surface area contributed by atoms with Gasteiger partial charge >= 0.3 is 0 Å². The van der Waals surface area contributed by atoms with Gasteiger partial charge in [-0.25, -0.2) is 13.2 Å². The zero-order chi connectivity index (χ0) is 26.4. The summed E-state index contributed by atoms with van der Waals surface area (Å²) in [4.78, 5) is 0. The molecule has 0 aromatic heterocycles. The molecule has 0 radical (unpaired) electrons. The molecule has 0 spiro atoms. The van der Waals surface area contributed by atoms with Crippen LogP contribution in [-0.2, 0) is 0 Å². The summed E-state index contributed by atoms with van der Waals surface area (Å²) in [6.45, 7) is 6.11. The predicted octanol–water partition coefficient (Wildman–Crippen LogP) is 9.00. The van der Waals surface area contributed by atoms with E-state index in [9.17, 15) is 9.50 Å². The summed E-state index contributed by atoms with van der Waals surface area (Å²) in [7, 11) is 0. The molecule has 1 N–H and O–H groups in total. The van der Waals surface area contributed by atoms with E-state index in [-0.39, 0.29) is 23.2 Å². The first-order valence-corrected chi connectivity index (χ1v) is 13.2. The highest BCUT2D eigenvalue weighted by atomic mass is 19.2. The van der Waals surface area contributed by atoms with Crippen molar-refractivity contribution in [3.63, 3.8) is 0 Å². The lowest BCUT2D eigenvalue weighted by Crippen LogP contribution is -2.15. The van der Waals surface area contributed by atoms with Gasteiger partial charge in [0.2, 0.25) is 0 Å². The van der Waals surface area contributed by atoms with E-state index in [1.165, 1.54) is 6.07 Å². The highest BCUT2D eigenvalue weighted by molar-refractivity contribution is 5.65. The lowest BCUT2D eigenvalue weighted by atomic mass is 9.75. The molecular formula is C32H35F3O2. The van der Waals surface area contributed by atoms with Crippen molar-refractivity contribution in [2.24, 2.45) is 0 Å². The molecular weight excluding hydrogens is 473 g/mol. The van der Waals surface area contributed by atoms with Gasteiger partial charge in [-0.1, -0.05) is 61.9 Å². The van der Waals surface area contributed by atoms with Crippen molar-refractivity contribution in [3.05, 3.63) is 101 Å². The van der Waals surface area contributed by atoms with Crippen LogP contribution in [0, 0.1) is 17.5 Å². The second-order valence-corrected chi connectivity index (χ2v) is 9.91. The SMILES string of the molecule is C=CCCOc1ccc(C2CCC(c3ccc(-c4ccc(C(O)CCC)cc4)c(F)c3F)CC2)c(F)c1. The van der Waals surface area contributed by atoms with E-state index in [2.05, 4.69) is 6.58 Å². The van der Waals surface area contributed by atoms with Crippen molar-refractivity contribution in [3.8, 4) is 16.9 Å². The van der Waals surface area contributed by atoms with Crippen molar-refractivity contribution in [1.29, 1.82) is 0 Å². The van der Waals surface area contributed by atoms with Crippen LogP contribution in [0.4, 0.5) is 13.2 Å². The van der Waals surface area contributed by atoms with Crippen molar-refractivity contribution in [2.45, 2.75) is 69.8 Å². The Morgan fingerprint density at radius 2 is 1.57 bits per heavy atom. The summed E-state index contributed by atoms with van der Waals surface area (Å²) in [5.41, 5.74) is 2.60. The molecule has 1 unspecified atom stereocenters. The third-order valence-electron chi connectivity index (χ3n) is 7.45. The Morgan fingerprint density at radius 3 is 2.19 bits per heavy atom. The third kappa shape index (κ3) is 6.27. The molecule has 3 aromatic rings. The summed E-state index contributed by atoms with van der Waals surface area (Å²) >= 11 is 0. The van der Waals surface area contributed by atoms with Gasteiger partial charge in [0.1, 0.15) is 11.6 Å². The zero-order valence-corrected chi connectivity index (χ0v) is 21.4. The van der Waals surface area contributed by atoms with Crippen molar-refractivity contribution in [1.82, 2.24) is 0 Å². The minimum Gasteiger partial charge on any atom is -0.493 e. The van der Waals surface area contributed by atoms with Gasteiger partial charge in [0.15, 0.2) is 11.6 Å². The second kappa shape index (κ2) is 12.5. The molecule has 1 fully saturated rings. The van der Waals surface area contributed by atoms with Crippen LogP contribution in [0.5, 0.6) is 5.75 Å². The number of halogens is 3. The fourth-order valence-electron chi connectivity index (χ4n) is 5.33. The number of benzene rings is 3. The van der Waals surface area contributed by atoms with Crippen molar-refractivity contribution < 1.29 is 23.0 Å². The van der Waals surface area contributed by atoms with Crippen molar-refractivity contribution in [2.75, 3.05) is 6.61 Å². The first-order chi connectivity index (χ1) is 17.9. The smallest absolute Gasteiger partial charge is 0.166 e. The standard InChI is InChI=1S/C32H35F3O2/c1-3-5-19-37-25-15-16-26(29(33)20-25)21-7-9-22(10-8-21)27-17-18-28(32(35)31(27)34)23-11-13-24(14-12-23)30(36)6-4-2/h3,11-18,20-22,30,36H,1,4-10,19H2,2H3. The number of aliphatic hydroxyl groups excluding tert-OH is 1. The van der Waals surface area contributed by atoms with E-state index in [0.29, 0.717) is 67.6 Å². The molecule has 37 heavy (non-hydrogen) atoms. The molecule has 1 atom stereocenters. The monoisotopic (exact) mass is 508 g/mol. The van der Waals surface area contributed by atoms with Crippen LogP contribution in [0.1, 0.15) is 86.5 Å². The first-order valence-electron chi connectivity index (χ1n) is 13.2. The van der Waals surface area contributed by atoms with Crippen LogP contribution < -0.4 is 4.74 Å². The Labute approximate surface area is 217 Å². The predicted molar refractivity (Wildman–Crippen MR) is 142 cm³/mol. The van der Waals surface area contributed by atoms with E-state index in [1.807, 2.05) is 6.92 Å². The van der Waals surface area contributed by atoms with Gasteiger partial charge < -0.3 is 9.84 Å². The third-order valence-corrected chi connectivity index (χ3v) is 7.45. The number of ether oxygens (including phenoxy) is 1. The molecule has 5 heteroatoms. The molecule has 4 rings (SSSR count). The van der Waals surface area contributed by atoms with Gasteiger partial charge in [0, 0.05) is 11.6 Å². The topological polar surface area (TPSA) is 29.5 Å². The minimum absolute atomic E-state index is 0.0484. The molecule has 1 saturated carbocycles. The zero-order valence-electron chi connectivity index (χ0n) is 21.4. The molecule has 1 aliphatic carbocycles. The lowest BCUT2D eigenvalue weighted by Gasteiger charge is -2.30. The van der Waals surface area contributed by atoms with E-state index in [0.717, 1.165) is 12.0 Å². The molecule has 196 valence electrons. The lowest BCUT2D eigenvalue weighted by molar-refractivity contribution is 0.166. The second-order valence-electron chi connectivity index (χ2n) is 9.91. The molecule has 0 saturated heterocycles. The minimum atomic E-state index is -0.848. The van der Waals surface area contributed by atoms with Gasteiger partial charge in [-0.05, 0) is 78.7 Å². The number of hydrogen-bond donors (Lipinski definition) is 1. The molecule has 0 bridgehead atoms. The van der Waals surface area contributed by atoms with Gasteiger partial charge in [0.05, 0.1) is 12.7 Å². The van der Waals surface area contributed by atoms with Crippen LogP contribution in [0.3, 0.4) is 0 Å². The molecule has 0 heterocycles. The Balaban J connectivity index is 1.42. The Kier molecular flexibility index (Phi) is 9.09. The van der Waals surface area contributed by atoms with Gasteiger partial charge in [-0.2, -0.15) is 0 Å². The normalized spacial score (nSPS) is 18.4. The summed E-state index contributed by atoms with van der Waals surface area (Å²) in [6.07, 6.45) is 6.17. The van der Waals surface area contributed by atoms with E-state index < -0.39 is 17.7 Å². The van der Waals surface area contributed by atoms with E-state index in [1.54, 1.807) is 54.6 Å². The van der Waals surface area contributed by atoms with Gasteiger partial charge in [0.25, 0.3) is 0 Å². The molecule has 2 nitrogen and oxygen atoms in total. The maximum atomic E-state index is 15.2. The fraction of sp³-hybridized carbons (Fsp3) is 0.375. The highest BCUT2D eigenvalue weighted by Crippen LogP contribution is 2.43. The van der Waals surface area contributed by atoms with Gasteiger partial charge in [-0.15, -0.1) is 6.58 Å². The van der Waals surface area contributed by atoms with Crippen LogP contribution in [0.2, 0.25) is 0 Å². The van der Waals surface area contributed by atoms with Crippen LogP contribution in [0.15, 0.2) is 67.3 Å². The summed E-state index contributed by atoms with van der Waals surface area (Å²) in [6, 6.07) is 15.3. The molecule has 0 aliphatic heterocycles. The van der Waals surface area contributed by atoms with E-state index in [4.69, 9.17) is 4.74 Å². The maximum Gasteiger partial charge on any atom is 0.166 e. The largest absolute Gasteiger partial charge is 0.493 e. The maximum absolute atomic E-state index is 15.2. The average molecular weight is 509 g/mol. The van der Waals surface area contributed by atoms with Crippen molar-refractivity contribution >= 4 is 0 Å². The number of aliphatic hydroxyl groups is 1. The Hall–Kier alpha value is -3.05. The van der Waals surface area contributed by atoms with Crippen LogP contribution >= 0.6 is 0 Å².